The Morgan fingerprint density at radius 2 is 1.88 bits per heavy atom. The number of carbonyl (C=O) groups excluding carboxylic acids is 1. The van der Waals surface area contributed by atoms with Gasteiger partial charge in [-0.2, -0.15) is 13.9 Å². The Bertz CT molecular complexity index is 878. The minimum Gasteiger partial charge on any atom is -0.321 e. The predicted octanol–water partition coefficient (Wildman–Crippen LogP) is 4.75. The quantitative estimate of drug-likeness (QED) is 0.669. The summed E-state index contributed by atoms with van der Waals surface area (Å²) < 4.78 is 26.9. The van der Waals surface area contributed by atoms with Gasteiger partial charge in [0.15, 0.2) is 0 Å². The van der Waals surface area contributed by atoms with Crippen LogP contribution in [0.3, 0.4) is 0 Å². The van der Waals surface area contributed by atoms with Crippen LogP contribution >= 0.6 is 11.8 Å². The average molecular weight is 359 g/mol. The summed E-state index contributed by atoms with van der Waals surface area (Å²) in [5, 5.41) is 6.89. The molecule has 1 N–H and O–H groups in total. The van der Waals surface area contributed by atoms with Crippen molar-refractivity contribution in [1.29, 1.82) is 0 Å². The molecule has 0 aliphatic rings. The average Bonchev–Trinajstić information content (AvgIpc) is 3.03. The normalized spacial score (nSPS) is 10.9. The van der Waals surface area contributed by atoms with Gasteiger partial charge in [-0.1, -0.05) is 23.9 Å². The zero-order valence-electron chi connectivity index (χ0n) is 13.3. The fourth-order valence-corrected chi connectivity index (χ4v) is 2.88. The van der Waals surface area contributed by atoms with Gasteiger partial charge in [-0.3, -0.25) is 4.79 Å². The molecule has 1 amide bonds. The Morgan fingerprint density at radius 3 is 2.52 bits per heavy atom. The van der Waals surface area contributed by atoms with E-state index in [9.17, 15) is 13.6 Å². The van der Waals surface area contributed by atoms with Crippen LogP contribution in [-0.2, 0) is 0 Å². The van der Waals surface area contributed by atoms with Gasteiger partial charge in [0.05, 0.1) is 17.6 Å². The molecule has 0 bridgehead atoms. The van der Waals surface area contributed by atoms with Crippen LogP contribution in [0.1, 0.15) is 15.9 Å². The molecule has 4 nitrogen and oxygen atoms in total. The molecule has 0 fully saturated rings. The Hall–Kier alpha value is -2.67. The lowest BCUT2D eigenvalue weighted by atomic mass is 10.2. The van der Waals surface area contributed by atoms with Gasteiger partial charge in [0.25, 0.3) is 11.7 Å². The number of hydrogen-bond acceptors (Lipinski definition) is 3. The summed E-state index contributed by atoms with van der Waals surface area (Å²) in [5.74, 6) is -2.90. The summed E-state index contributed by atoms with van der Waals surface area (Å²) in [7, 11) is 0. The molecule has 0 aliphatic heterocycles. The van der Waals surface area contributed by atoms with Crippen molar-refractivity contribution in [2.75, 3.05) is 5.32 Å². The van der Waals surface area contributed by atoms with Crippen molar-refractivity contribution >= 4 is 23.4 Å². The third kappa shape index (κ3) is 4.24. The Morgan fingerprint density at radius 1 is 1.16 bits per heavy atom. The molecule has 128 valence electrons. The zero-order chi connectivity index (χ0) is 17.8. The molecule has 0 aliphatic carbocycles. The molecule has 0 atom stereocenters. The van der Waals surface area contributed by atoms with Crippen molar-refractivity contribution in [3.05, 3.63) is 72.1 Å². The Balaban J connectivity index is 1.76. The van der Waals surface area contributed by atoms with Crippen LogP contribution in [0.4, 0.5) is 14.5 Å². The molecule has 0 unspecified atom stereocenters. The van der Waals surface area contributed by atoms with Gasteiger partial charge in [-0.25, -0.2) is 4.68 Å². The second-order valence-electron chi connectivity index (χ2n) is 5.34. The second-order valence-corrected chi connectivity index (χ2v) is 6.37. The molecular formula is C18H15F2N3OS. The van der Waals surface area contributed by atoms with Gasteiger partial charge in [0.2, 0.25) is 0 Å². The van der Waals surface area contributed by atoms with Crippen LogP contribution in [0, 0.1) is 6.92 Å². The number of thioether (sulfide) groups is 1. The lowest BCUT2D eigenvalue weighted by Gasteiger charge is -2.10. The van der Waals surface area contributed by atoms with Gasteiger partial charge >= 0.3 is 0 Å². The minimum absolute atomic E-state index is 0.328. The topological polar surface area (TPSA) is 46.9 Å². The number of aryl methyl sites for hydroxylation is 1. The molecule has 25 heavy (non-hydrogen) atoms. The van der Waals surface area contributed by atoms with Crippen LogP contribution in [0.2, 0.25) is 0 Å². The van der Waals surface area contributed by atoms with E-state index in [2.05, 4.69) is 10.4 Å². The SMILES string of the molecule is Cc1cnn(-c2ccc(C(=O)Nc3ccccc3SC(F)F)cc2)c1. The summed E-state index contributed by atoms with van der Waals surface area (Å²) in [4.78, 5) is 12.7. The van der Waals surface area contributed by atoms with E-state index < -0.39 is 5.76 Å². The van der Waals surface area contributed by atoms with E-state index in [-0.39, 0.29) is 5.91 Å². The number of para-hydroxylation sites is 1. The van der Waals surface area contributed by atoms with Gasteiger partial charge in [0, 0.05) is 16.7 Å². The first-order valence-corrected chi connectivity index (χ1v) is 8.38. The number of nitrogens with one attached hydrogen (secondary N) is 1. The summed E-state index contributed by atoms with van der Waals surface area (Å²) in [6.45, 7) is 1.94. The number of nitrogens with zero attached hydrogens (tertiary/aromatic N) is 2. The second kappa shape index (κ2) is 7.48. The summed E-state index contributed by atoms with van der Waals surface area (Å²) in [6.07, 6.45) is 3.63. The van der Waals surface area contributed by atoms with E-state index in [0.717, 1.165) is 11.3 Å². The van der Waals surface area contributed by atoms with Gasteiger partial charge in [0.1, 0.15) is 0 Å². The molecule has 7 heteroatoms. The van der Waals surface area contributed by atoms with E-state index in [0.29, 0.717) is 27.9 Å². The van der Waals surface area contributed by atoms with Crippen molar-refractivity contribution in [2.24, 2.45) is 0 Å². The minimum atomic E-state index is -2.55. The fourth-order valence-electron chi connectivity index (χ4n) is 2.28. The van der Waals surface area contributed by atoms with Crippen LogP contribution in [0.25, 0.3) is 5.69 Å². The number of hydrogen-bond donors (Lipinski definition) is 1. The van der Waals surface area contributed by atoms with Gasteiger partial charge in [-0.15, -0.1) is 0 Å². The lowest BCUT2D eigenvalue weighted by Crippen LogP contribution is -2.12. The van der Waals surface area contributed by atoms with Crippen molar-refractivity contribution in [1.82, 2.24) is 9.78 Å². The lowest BCUT2D eigenvalue weighted by molar-refractivity contribution is 0.102. The summed E-state index contributed by atoms with van der Waals surface area (Å²) in [6, 6.07) is 13.4. The van der Waals surface area contributed by atoms with Gasteiger partial charge < -0.3 is 5.32 Å². The molecule has 1 aromatic heterocycles. The highest BCUT2D eigenvalue weighted by Gasteiger charge is 2.13. The first-order valence-electron chi connectivity index (χ1n) is 7.50. The number of amides is 1. The Kier molecular flexibility index (Phi) is 5.14. The maximum atomic E-state index is 12.6. The summed E-state index contributed by atoms with van der Waals surface area (Å²) >= 11 is 0.405. The van der Waals surface area contributed by atoms with Crippen molar-refractivity contribution in [3.8, 4) is 5.69 Å². The van der Waals surface area contributed by atoms with E-state index in [1.807, 2.05) is 13.1 Å². The third-order valence-electron chi connectivity index (χ3n) is 3.46. The molecular weight excluding hydrogens is 344 g/mol. The fraction of sp³-hybridized carbons (Fsp3) is 0.111. The van der Waals surface area contributed by atoms with E-state index in [1.54, 1.807) is 59.4 Å². The third-order valence-corrected chi connectivity index (χ3v) is 4.25. The molecule has 0 radical (unpaired) electrons. The van der Waals surface area contributed by atoms with Crippen molar-refractivity contribution in [2.45, 2.75) is 17.6 Å². The molecule has 3 aromatic rings. The Labute approximate surface area is 147 Å². The molecule has 0 saturated heterocycles. The van der Waals surface area contributed by atoms with Crippen LogP contribution in [0.15, 0.2) is 65.8 Å². The number of rotatable bonds is 5. The van der Waals surface area contributed by atoms with E-state index in [1.165, 1.54) is 0 Å². The largest absolute Gasteiger partial charge is 0.321 e. The first-order chi connectivity index (χ1) is 12.0. The molecule has 3 rings (SSSR count). The number of carbonyl (C=O) groups is 1. The van der Waals surface area contributed by atoms with Gasteiger partial charge in [-0.05, 0) is 48.9 Å². The summed E-state index contributed by atoms with van der Waals surface area (Å²) in [5.41, 5.74) is 2.67. The van der Waals surface area contributed by atoms with Crippen LogP contribution < -0.4 is 5.32 Å². The van der Waals surface area contributed by atoms with E-state index in [4.69, 9.17) is 0 Å². The standard InChI is InChI=1S/C18H15F2N3OS/c1-12-10-21-23(11-12)14-8-6-13(7-9-14)17(24)22-15-4-2-3-5-16(15)25-18(19)20/h2-11,18H,1H3,(H,22,24). The molecule has 2 aromatic carbocycles. The monoisotopic (exact) mass is 359 g/mol. The maximum absolute atomic E-state index is 12.6. The van der Waals surface area contributed by atoms with Crippen molar-refractivity contribution in [3.63, 3.8) is 0 Å². The smallest absolute Gasteiger partial charge is 0.288 e. The van der Waals surface area contributed by atoms with Crippen LogP contribution in [0.5, 0.6) is 0 Å². The first kappa shape index (κ1) is 17.2. The number of alkyl halides is 2. The molecule has 0 spiro atoms. The molecule has 0 saturated carbocycles. The maximum Gasteiger partial charge on any atom is 0.288 e. The highest BCUT2D eigenvalue weighted by molar-refractivity contribution is 7.99. The number of benzene rings is 2. The number of aromatic nitrogens is 2. The highest BCUT2D eigenvalue weighted by Crippen LogP contribution is 2.31. The van der Waals surface area contributed by atoms with Crippen molar-refractivity contribution < 1.29 is 13.6 Å². The molecule has 1 heterocycles. The predicted molar refractivity (Wildman–Crippen MR) is 94.6 cm³/mol. The zero-order valence-corrected chi connectivity index (χ0v) is 14.1. The number of halogens is 2. The highest BCUT2D eigenvalue weighted by atomic mass is 32.2. The van der Waals surface area contributed by atoms with Crippen LogP contribution in [-0.4, -0.2) is 21.4 Å². The number of anilines is 1. The van der Waals surface area contributed by atoms with E-state index >= 15 is 0 Å².